The van der Waals surface area contributed by atoms with Gasteiger partial charge in [-0.1, -0.05) is 24.1 Å². The molecule has 0 unspecified atom stereocenters. The molecule has 1 aromatic heterocycles. The number of piperazine rings is 1. The highest BCUT2D eigenvalue weighted by Gasteiger charge is 2.20. The second-order valence-corrected chi connectivity index (χ2v) is 8.88. The lowest BCUT2D eigenvalue weighted by Gasteiger charge is -2.33. The maximum Gasteiger partial charge on any atom is 0.145 e. The third-order valence-corrected chi connectivity index (χ3v) is 5.48. The number of hydrogen-bond donors (Lipinski definition) is 1. The molecule has 2 heterocycles. The number of ether oxygens (including phenoxy) is 1. The molecular weight excluding hydrogens is 376 g/mol. The Balaban J connectivity index is 1.54. The van der Waals surface area contributed by atoms with E-state index in [0.717, 1.165) is 68.0 Å². The van der Waals surface area contributed by atoms with Gasteiger partial charge in [0.05, 0.1) is 25.4 Å². The zero-order valence-corrected chi connectivity index (χ0v) is 18.5. The zero-order valence-electron chi connectivity index (χ0n) is 18.5. The Morgan fingerprint density at radius 1 is 1.13 bits per heavy atom. The number of hydrogen-bond acceptors (Lipinski definition) is 6. The second kappa shape index (κ2) is 10.2. The van der Waals surface area contributed by atoms with Crippen molar-refractivity contribution in [2.45, 2.75) is 39.3 Å². The summed E-state index contributed by atoms with van der Waals surface area (Å²) in [7, 11) is 0. The molecule has 0 bridgehead atoms. The topological polar surface area (TPSA) is 52.1 Å². The van der Waals surface area contributed by atoms with Gasteiger partial charge in [0.25, 0.3) is 0 Å². The molecule has 0 radical (unpaired) electrons. The van der Waals surface area contributed by atoms with Crippen molar-refractivity contribution in [1.82, 2.24) is 19.8 Å². The van der Waals surface area contributed by atoms with Crippen molar-refractivity contribution in [3.8, 4) is 18.1 Å². The van der Waals surface area contributed by atoms with Gasteiger partial charge in [-0.2, -0.15) is 5.06 Å². The molecule has 0 saturated carbocycles. The lowest BCUT2D eigenvalue weighted by Crippen LogP contribution is -2.46. The predicted octanol–water partition coefficient (Wildman–Crippen LogP) is 3.24. The third-order valence-electron chi connectivity index (χ3n) is 5.48. The summed E-state index contributed by atoms with van der Waals surface area (Å²) in [6, 6.07) is 10.0. The summed E-state index contributed by atoms with van der Waals surface area (Å²) in [5.41, 5.74) is 1.33. The maximum atomic E-state index is 10.3. The monoisotopic (exact) mass is 410 g/mol. The fourth-order valence-electron chi connectivity index (χ4n) is 3.53. The number of rotatable bonds is 8. The number of benzene rings is 1. The van der Waals surface area contributed by atoms with Gasteiger partial charge in [-0.3, -0.25) is 4.90 Å². The average molecular weight is 411 g/mol. The van der Waals surface area contributed by atoms with E-state index in [1.807, 2.05) is 51.1 Å². The standard InChI is InChI=1S/C24H34N4O2/c1-5-12-26-14-16-27(17-15-26)13-7-18-30-22-9-6-8-20-10-11-21(25-23(20)22)19-28(29)24(2,3)4/h1,6,8-11,29H,7,12-19H2,2-4H3. The van der Waals surface area contributed by atoms with Crippen LogP contribution < -0.4 is 4.74 Å². The Morgan fingerprint density at radius 3 is 2.57 bits per heavy atom. The molecule has 30 heavy (non-hydrogen) atoms. The van der Waals surface area contributed by atoms with Crippen LogP contribution in [0.1, 0.15) is 32.9 Å². The van der Waals surface area contributed by atoms with Gasteiger partial charge in [-0.15, -0.1) is 6.42 Å². The summed E-state index contributed by atoms with van der Waals surface area (Å²) in [6.07, 6.45) is 6.37. The molecule has 1 aromatic carbocycles. The first-order valence-electron chi connectivity index (χ1n) is 10.7. The van der Waals surface area contributed by atoms with Gasteiger partial charge in [0.1, 0.15) is 11.3 Å². The van der Waals surface area contributed by atoms with Gasteiger partial charge in [0.15, 0.2) is 0 Å². The van der Waals surface area contributed by atoms with E-state index < -0.39 is 0 Å². The molecule has 1 fully saturated rings. The first-order valence-corrected chi connectivity index (χ1v) is 10.7. The van der Waals surface area contributed by atoms with E-state index in [2.05, 4.69) is 15.7 Å². The molecule has 1 saturated heterocycles. The van der Waals surface area contributed by atoms with Crippen LogP contribution in [0.15, 0.2) is 30.3 Å². The van der Waals surface area contributed by atoms with Crippen molar-refractivity contribution in [1.29, 1.82) is 0 Å². The van der Waals surface area contributed by atoms with Crippen molar-refractivity contribution in [3.63, 3.8) is 0 Å². The van der Waals surface area contributed by atoms with E-state index in [1.54, 1.807) is 0 Å². The lowest BCUT2D eigenvalue weighted by atomic mass is 10.1. The molecule has 0 aliphatic carbocycles. The van der Waals surface area contributed by atoms with Crippen LogP contribution in [0, 0.1) is 12.3 Å². The minimum atomic E-state index is -0.334. The third kappa shape index (κ3) is 6.16. The molecule has 162 valence electrons. The van der Waals surface area contributed by atoms with E-state index >= 15 is 0 Å². The highest BCUT2D eigenvalue weighted by molar-refractivity contribution is 5.84. The van der Waals surface area contributed by atoms with Crippen LogP contribution in [-0.4, -0.2) is 76.5 Å². The normalized spacial score (nSPS) is 16.1. The van der Waals surface area contributed by atoms with Crippen molar-refractivity contribution in [2.24, 2.45) is 0 Å². The SMILES string of the molecule is C#CCN1CCN(CCCOc2cccc3ccc(CN(O)C(C)(C)C)nc23)CC1. The zero-order chi connectivity index (χ0) is 21.6. The summed E-state index contributed by atoms with van der Waals surface area (Å²) in [6.45, 7) is 12.9. The summed E-state index contributed by atoms with van der Waals surface area (Å²) >= 11 is 0. The lowest BCUT2D eigenvalue weighted by molar-refractivity contribution is -0.164. The molecule has 0 amide bonds. The Morgan fingerprint density at radius 2 is 1.87 bits per heavy atom. The molecule has 0 spiro atoms. The van der Waals surface area contributed by atoms with Crippen molar-refractivity contribution >= 4 is 10.9 Å². The van der Waals surface area contributed by atoms with Gasteiger partial charge < -0.3 is 14.8 Å². The van der Waals surface area contributed by atoms with E-state index in [-0.39, 0.29) is 5.54 Å². The first kappa shape index (κ1) is 22.5. The fraction of sp³-hybridized carbons (Fsp3) is 0.542. The van der Waals surface area contributed by atoms with Crippen LogP contribution in [0.25, 0.3) is 10.9 Å². The first-order chi connectivity index (χ1) is 14.4. The van der Waals surface area contributed by atoms with Gasteiger partial charge >= 0.3 is 0 Å². The predicted molar refractivity (Wildman–Crippen MR) is 121 cm³/mol. The summed E-state index contributed by atoms with van der Waals surface area (Å²) in [5, 5.41) is 12.6. The van der Waals surface area contributed by atoms with Gasteiger partial charge in [-0.25, -0.2) is 4.98 Å². The molecule has 6 heteroatoms. The highest BCUT2D eigenvalue weighted by Crippen LogP contribution is 2.25. The second-order valence-electron chi connectivity index (χ2n) is 8.88. The molecule has 2 aromatic rings. The van der Waals surface area contributed by atoms with Crippen LogP contribution in [-0.2, 0) is 6.54 Å². The number of terminal acetylenes is 1. The van der Waals surface area contributed by atoms with E-state index in [1.165, 1.54) is 5.06 Å². The quantitative estimate of drug-likeness (QED) is 0.410. The Labute approximate surface area is 180 Å². The molecule has 3 rings (SSSR count). The highest BCUT2D eigenvalue weighted by atomic mass is 16.5. The van der Waals surface area contributed by atoms with E-state index in [4.69, 9.17) is 16.1 Å². The maximum absolute atomic E-state index is 10.3. The largest absolute Gasteiger partial charge is 0.491 e. The number of hydroxylamine groups is 2. The summed E-state index contributed by atoms with van der Waals surface area (Å²) < 4.78 is 6.10. The van der Waals surface area contributed by atoms with Crippen molar-refractivity contribution in [2.75, 3.05) is 45.9 Å². The van der Waals surface area contributed by atoms with Gasteiger partial charge in [-0.05, 0) is 39.3 Å². The van der Waals surface area contributed by atoms with Crippen LogP contribution in [0.3, 0.4) is 0 Å². The smallest absolute Gasteiger partial charge is 0.145 e. The average Bonchev–Trinajstić information content (AvgIpc) is 2.72. The Bertz CT molecular complexity index is 864. The molecule has 1 aliphatic rings. The number of para-hydroxylation sites is 1. The van der Waals surface area contributed by atoms with Crippen LogP contribution in [0.5, 0.6) is 5.75 Å². The van der Waals surface area contributed by atoms with Gasteiger partial charge in [0, 0.05) is 43.6 Å². The molecule has 6 nitrogen and oxygen atoms in total. The van der Waals surface area contributed by atoms with Crippen LogP contribution >= 0.6 is 0 Å². The van der Waals surface area contributed by atoms with E-state index in [0.29, 0.717) is 13.2 Å². The van der Waals surface area contributed by atoms with Gasteiger partial charge in [0.2, 0.25) is 0 Å². The molecular formula is C24H34N4O2. The molecule has 1 aliphatic heterocycles. The Kier molecular flexibility index (Phi) is 7.68. The Hall–Kier alpha value is -2.17. The number of pyridine rings is 1. The number of nitrogens with zero attached hydrogens (tertiary/aromatic N) is 4. The van der Waals surface area contributed by atoms with E-state index in [9.17, 15) is 5.21 Å². The molecule has 1 N–H and O–H groups in total. The van der Waals surface area contributed by atoms with Crippen molar-refractivity contribution in [3.05, 3.63) is 36.0 Å². The van der Waals surface area contributed by atoms with Crippen LogP contribution in [0.2, 0.25) is 0 Å². The molecule has 0 atom stereocenters. The summed E-state index contributed by atoms with van der Waals surface area (Å²) in [4.78, 5) is 9.55. The fourth-order valence-corrected chi connectivity index (χ4v) is 3.53. The number of fused-ring (bicyclic) bond motifs is 1. The summed E-state index contributed by atoms with van der Waals surface area (Å²) in [5.74, 6) is 3.52. The number of aromatic nitrogens is 1. The minimum Gasteiger partial charge on any atom is -0.491 e. The van der Waals surface area contributed by atoms with Crippen LogP contribution in [0.4, 0.5) is 0 Å². The van der Waals surface area contributed by atoms with Crippen molar-refractivity contribution < 1.29 is 9.94 Å². The minimum absolute atomic E-state index is 0.334.